The molecule has 0 bridgehead atoms. The summed E-state index contributed by atoms with van der Waals surface area (Å²) in [5.41, 5.74) is 0.632. The summed E-state index contributed by atoms with van der Waals surface area (Å²) < 4.78 is 54.2. The number of nitrogens with zero attached hydrogens (tertiary/aromatic N) is 2. The number of hydrogen-bond acceptors (Lipinski definition) is 3. The van der Waals surface area contributed by atoms with Crippen molar-refractivity contribution in [2.24, 2.45) is 0 Å². The lowest BCUT2D eigenvalue weighted by Crippen LogP contribution is -2.25. The lowest BCUT2D eigenvalue weighted by Gasteiger charge is -2.09. The molecule has 1 N–H and O–H groups in total. The maximum Gasteiger partial charge on any atom is 0.243 e. The molecule has 0 saturated heterocycles. The predicted octanol–water partition coefficient (Wildman–Crippen LogP) is 1.66. The van der Waals surface area contributed by atoms with Gasteiger partial charge < -0.3 is 0 Å². The van der Waals surface area contributed by atoms with E-state index in [1.165, 1.54) is 6.20 Å². The fourth-order valence-corrected chi connectivity index (χ4v) is 2.81. The molecule has 108 valence electrons. The Balaban J connectivity index is 2.21. The van der Waals surface area contributed by atoms with Gasteiger partial charge in [-0.15, -0.1) is 0 Å². The molecule has 1 aromatic heterocycles. The first-order valence-corrected chi connectivity index (χ1v) is 7.37. The van der Waals surface area contributed by atoms with Crippen molar-refractivity contribution in [2.75, 3.05) is 0 Å². The third kappa shape index (κ3) is 3.02. The van der Waals surface area contributed by atoms with E-state index >= 15 is 0 Å². The van der Waals surface area contributed by atoms with Crippen molar-refractivity contribution in [3.05, 3.63) is 47.8 Å². The number of aromatic nitrogens is 2. The van der Waals surface area contributed by atoms with E-state index in [4.69, 9.17) is 0 Å². The first-order chi connectivity index (χ1) is 9.44. The minimum Gasteiger partial charge on any atom is -0.269 e. The van der Waals surface area contributed by atoms with Crippen molar-refractivity contribution in [1.29, 1.82) is 0 Å². The smallest absolute Gasteiger partial charge is 0.243 e. The molecule has 8 heteroatoms. The maximum atomic E-state index is 13.5. The van der Waals surface area contributed by atoms with Crippen LogP contribution in [0.25, 0.3) is 0 Å². The van der Waals surface area contributed by atoms with E-state index in [1.807, 2.05) is 6.92 Å². The number of halogens is 2. The summed E-state index contributed by atoms with van der Waals surface area (Å²) >= 11 is 0. The Morgan fingerprint density at radius 1 is 1.30 bits per heavy atom. The van der Waals surface area contributed by atoms with E-state index in [9.17, 15) is 17.2 Å². The monoisotopic (exact) mass is 301 g/mol. The van der Waals surface area contributed by atoms with Crippen LogP contribution in [0.15, 0.2) is 35.4 Å². The Morgan fingerprint density at radius 3 is 2.75 bits per heavy atom. The first-order valence-electron chi connectivity index (χ1n) is 5.89. The summed E-state index contributed by atoms with van der Waals surface area (Å²) in [6, 6.07) is 3.93. The molecule has 20 heavy (non-hydrogen) atoms. The summed E-state index contributed by atoms with van der Waals surface area (Å²) in [5, 5.41) is 3.99. The van der Waals surface area contributed by atoms with E-state index in [2.05, 4.69) is 9.82 Å². The van der Waals surface area contributed by atoms with Gasteiger partial charge in [0.25, 0.3) is 0 Å². The highest BCUT2D eigenvalue weighted by atomic mass is 32.2. The SMILES string of the molecule is CCn1nccc1CNS(=O)(=O)c1cc(F)ccc1F. The van der Waals surface area contributed by atoms with Crippen LogP contribution in [0.1, 0.15) is 12.6 Å². The molecular formula is C12H13F2N3O2S. The molecular weight excluding hydrogens is 288 g/mol. The van der Waals surface area contributed by atoms with Gasteiger partial charge in [-0.2, -0.15) is 5.10 Å². The van der Waals surface area contributed by atoms with Crippen molar-refractivity contribution in [3.8, 4) is 0 Å². The number of sulfonamides is 1. The second-order valence-corrected chi connectivity index (χ2v) is 5.77. The third-order valence-corrected chi connectivity index (χ3v) is 4.15. The van der Waals surface area contributed by atoms with Crippen molar-refractivity contribution < 1.29 is 17.2 Å². The highest BCUT2D eigenvalue weighted by Crippen LogP contribution is 2.16. The quantitative estimate of drug-likeness (QED) is 0.913. The average molecular weight is 301 g/mol. The van der Waals surface area contributed by atoms with Crippen LogP contribution in [0.4, 0.5) is 8.78 Å². The van der Waals surface area contributed by atoms with Crippen LogP contribution in [0.2, 0.25) is 0 Å². The minimum absolute atomic E-state index is 0.0495. The predicted molar refractivity (Wildman–Crippen MR) is 68.3 cm³/mol. The molecule has 5 nitrogen and oxygen atoms in total. The number of benzene rings is 1. The Hall–Kier alpha value is -1.80. The third-order valence-electron chi connectivity index (χ3n) is 2.73. The van der Waals surface area contributed by atoms with Crippen LogP contribution in [-0.4, -0.2) is 18.2 Å². The van der Waals surface area contributed by atoms with Gasteiger partial charge in [0.15, 0.2) is 0 Å². The largest absolute Gasteiger partial charge is 0.269 e. The lowest BCUT2D eigenvalue weighted by molar-refractivity contribution is 0.542. The zero-order chi connectivity index (χ0) is 14.8. The molecule has 0 aliphatic heterocycles. The molecule has 1 heterocycles. The number of hydrogen-bond donors (Lipinski definition) is 1. The second kappa shape index (κ2) is 5.68. The molecule has 0 aliphatic carbocycles. The molecule has 0 saturated carbocycles. The maximum absolute atomic E-state index is 13.5. The standard InChI is InChI=1S/C12H13F2N3O2S/c1-2-17-10(5-6-15-17)8-16-20(18,19)12-7-9(13)3-4-11(12)14/h3-7,16H,2,8H2,1H3. The molecule has 0 spiro atoms. The lowest BCUT2D eigenvalue weighted by atomic mass is 10.3. The van der Waals surface area contributed by atoms with Crippen LogP contribution in [0.3, 0.4) is 0 Å². The van der Waals surface area contributed by atoms with E-state index in [0.717, 1.165) is 12.1 Å². The molecule has 0 radical (unpaired) electrons. The molecule has 0 atom stereocenters. The van der Waals surface area contributed by atoms with Crippen molar-refractivity contribution in [1.82, 2.24) is 14.5 Å². The highest BCUT2D eigenvalue weighted by molar-refractivity contribution is 7.89. The van der Waals surface area contributed by atoms with Gasteiger partial charge in [0, 0.05) is 12.7 Å². The molecule has 0 unspecified atom stereocenters. The Bertz CT molecular complexity index is 713. The van der Waals surface area contributed by atoms with Crippen molar-refractivity contribution in [3.63, 3.8) is 0 Å². The number of nitrogens with one attached hydrogen (secondary N) is 1. The average Bonchev–Trinajstić information content (AvgIpc) is 2.86. The summed E-state index contributed by atoms with van der Waals surface area (Å²) in [4.78, 5) is -0.708. The van der Waals surface area contributed by atoms with E-state index in [-0.39, 0.29) is 6.54 Å². The Labute approximate surface area is 115 Å². The molecule has 2 aromatic rings. The fraction of sp³-hybridized carbons (Fsp3) is 0.250. The van der Waals surface area contributed by atoms with E-state index in [0.29, 0.717) is 18.3 Å². The molecule has 0 amide bonds. The topological polar surface area (TPSA) is 64.0 Å². The van der Waals surface area contributed by atoms with E-state index in [1.54, 1.807) is 10.7 Å². The van der Waals surface area contributed by atoms with Crippen molar-refractivity contribution in [2.45, 2.75) is 24.9 Å². The van der Waals surface area contributed by atoms with Gasteiger partial charge in [0.2, 0.25) is 10.0 Å². The summed E-state index contributed by atoms with van der Waals surface area (Å²) in [5.74, 6) is -1.81. The Morgan fingerprint density at radius 2 is 2.05 bits per heavy atom. The molecule has 1 aromatic carbocycles. The number of rotatable bonds is 5. The summed E-state index contributed by atoms with van der Waals surface area (Å²) in [6.07, 6.45) is 1.54. The highest BCUT2D eigenvalue weighted by Gasteiger charge is 2.20. The van der Waals surface area contributed by atoms with E-state index < -0.39 is 26.6 Å². The fourth-order valence-electron chi connectivity index (χ4n) is 1.72. The number of aryl methyl sites for hydroxylation is 1. The van der Waals surface area contributed by atoms with Gasteiger partial charge in [0.1, 0.15) is 16.5 Å². The zero-order valence-electron chi connectivity index (χ0n) is 10.7. The van der Waals surface area contributed by atoms with Gasteiger partial charge in [-0.3, -0.25) is 4.68 Å². The molecule has 2 rings (SSSR count). The molecule has 0 aliphatic rings. The summed E-state index contributed by atoms with van der Waals surface area (Å²) in [6.45, 7) is 2.39. The van der Waals surface area contributed by atoms with Crippen LogP contribution in [0.5, 0.6) is 0 Å². The Kier molecular flexibility index (Phi) is 4.15. The normalized spacial score (nSPS) is 11.8. The zero-order valence-corrected chi connectivity index (χ0v) is 11.5. The van der Waals surface area contributed by atoms with Crippen LogP contribution in [0, 0.1) is 11.6 Å². The van der Waals surface area contributed by atoms with Crippen LogP contribution >= 0.6 is 0 Å². The summed E-state index contributed by atoms with van der Waals surface area (Å²) in [7, 11) is -4.12. The van der Waals surface area contributed by atoms with Gasteiger partial charge in [-0.25, -0.2) is 21.9 Å². The van der Waals surface area contributed by atoms with Gasteiger partial charge in [-0.05, 0) is 31.2 Å². The van der Waals surface area contributed by atoms with Gasteiger partial charge in [-0.1, -0.05) is 0 Å². The van der Waals surface area contributed by atoms with Crippen molar-refractivity contribution >= 4 is 10.0 Å². The van der Waals surface area contributed by atoms with Gasteiger partial charge >= 0.3 is 0 Å². The second-order valence-electron chi connectivity index (χ2n) is 4.04. The van der Waals surface area contributed by atoms with Gasteiger partial charge in [0.05, 0.1) is 12.2 Å². The van der Waals surface area contributed by atoms with Crippen LogP contribution < -0.4 is 4.72 Å². The minimum atomic E-state index is -4.12. The first kappa shape index (κ1) is 14.6. The molecule has 0 fully saturated rings. The van der Waals surface area contributed by atoms with Crippen LogP contribution in [-0.2, 0) is 23.1 Å².